The molecule has 4 aliphatic rings. The van der Waals surface area contributed by atoms with Gasteiger partial charge in [-0.05, 0) is 48.5 Å². The molecule has 3 saturated carbocycles. The number of likely N-dealkylation sites (tertiary alicyclic amines) is 1. The first-order valence-electron chi connectivity index (χ1n) is 8.27. The summed E-state index contributed by atoms with van der Waals surface area (Å²) in [6.07, 6.45) is 3.73. The number of carboxylic acid groups (broad SMARTS) is 1. The molecule has 5 heteroatoms. The molecule has 3 aliphatic carbocycles. The molecular formula is C18H21NO4. The van der Waals surface area contributed by atoms with E-state index in [0.717, 1.165) is 11.5 Å². The van der Waals surface area contributed by atoms with E-state index in [0.29, 0.717) is 24.3 Å². The van der Waals surface area contributed by atoms with E-state index in [2.05, 4.69) is 0 Å². The van der Waals surface area contributed by atoms with Crippen LogP contribution in [0, 0.1) is 17.3 Å². The molecule has 0 aromatic heterocycles. The standard InChI is InChI=1S/C18H21NO4/c20-16(21)15-6-14(18-7-13(8-18)9-18)10-19(15)17(22)23-11-12-4-2-1-3-5-12/h1-5,13-15H,6-11H2,(H,20,21)/t13?,14?,15-,18?/m0/s1. The predicted molar refractivity (Wildman–Crippen MR) is 82.6 cm³/mol. The second kappa shape index (κ2) is 5.25. The van der Waals surface area contributed by atoms with Gasteiger partial charge in [0.2, 0.25) is 0 Å². The number of amides is 1. The second-order valence-corrected chi connectivity index (χ2v) is 7.32. The van der Waals surface area contributed by atoms with Crippen molar-refractivity contribution >= 4 is 12.1 Å². The van der Waals surface area contributed by atoms with Gasteiger partial charge in [-0.15, -0.1) is 0 Å². The molecule has 5 rings (SSSR count). The van der Waals surface area contributed by atoms with E-state index in [1.165, 1.54) is 24.2 Å². The fourth-order valence-corrected chi connectivity index (χ4v) is 4.56. The number of carboxylic acids is 1. The van der Waals surface area contributed by atoms with Crippen LogP contribution in [0.15, 0.2) is 30.3 Å². The summed E-state index contributed by atoms with van der Waals surface area (Å²) in [5.74, 6) is 0.256. The van der Waals surface area contributed by atoms with Crippen molar-refractivity contribution in [1.82, 2.24) is 4.90 Å². The van der Waals surface area contributed by atoms with E-state index < -0.39 is 18.1 Å². The fraction of sp³-hybridized carbons (Fsp3) is 0.556. The highest BCUT2D eigenvalue weighted by Gasteiger charge is 2.63. The van der Waals surface area contributed by atoms with Gasteiger partial charge in [0.05, 0.1) is 0 Å². The summed E-state index contributed by atoms with van der Waals surface area (Å²) in [4.78, 5) is 25.3. The van der Waals surface area contributed by atoms with Crippen LogP contribution in [0.25, 0.3) is 0 Å². The SMILES string of the molecule is O=C(O)[C@@H]1CC(C23CC(C2)C3)CN1C(=O)OCc1ccccc1. The Morgan fingerprint density at radius 3 is 2.48 bits per heavy atom. The lowest BCUT2D eigenvalue weighted by molar-refractivity contribution is -0.149. The lowest BCUT2D eigenvalue weighted by atomic mass is 9.40. The van der Waals surface area contributed by atoms with Crippen LogP contribution < -0.4 is 0 Å². The number of carbonyl (C=O) groups is 2. The third-order valence-corrected chi connectivity index (χ3v) is 5.98. The summed E-state index contributed by atoms with van der Waals surface area (Å²) in [6.45, 7) is 0.706. The Morgan fingerprint density at radius 1 is 1.22 bits per heavy atom. The number of benzene rings is 1. The second-order valence-electron chi connectivity index (χ2n) is 7.32. The number of hydrogen-bond acceptors (Lipinski definition) is 3. The van der Waals surface area contributed by atoms with Gasteiger partial charge in [0.25, 0.3) is 0 Å². The van der Waals surface area contributed by atoms with Crippen LogP contribution in [0.1, 0.15) is 31.2 Å². The van der Waals surface area contributed by atoms with Crippen molar-refractivity contribution in [2.24, 2.45) is 17.3 Å². The summed E-state index contributed by atoms with van der Waals surface area (Å²) in [6, 6.07) is 8.71. The van der Waals surface area contributed by atoms with Crippen molar-refractivity contribution < 1.29 is 19.4 Å². The molecule has 1 N–H and O–H groups in total. The Hall–Kier alpha value is -2.04. The Labute approximate surface area is 135 Å². The van der Waals surface area contributed by atoms with Crippen molar-refractivity contribution in [2.75, 3.05) is 6.54 Å². The van der Waals surface area contributed by atoms with Gasteiger partial charge in [0.1, 0.15) is 12.6 Å². The van der Waals surface area contributed by atoms with E-state index in [1.54, 1.807) is 0 Å². The number of carbonyl (C=O) groups excluding carboxylic acids is 1. The van der Waals surface area contributed by atoms with E-state index in [1.807, 2.05) is 30.3 Å². The Kier molecular flexibility index (Phi) is 3.32. The molecule has 1 heterocycles. The zero-order chi connectivity index (χ0) is 16.0. The van der Waals surface area contributed by atoms with Gasteiger partial charge >= 0.3 is 12.1 Å². The van der Waals surface area contributed by atoms with Crippen LogP contribution in [0.3, 0.4) is 0 Å². The van der Waals surface area contributed by atoms with Crippen molar-refractivity contribution in [3.8, 4) is 0 Å². The highest BCUT2D eigenvalue weighted by atomic mass is 16.6. The van der Waals surface area contributed by atoms with Gasteiger partial charge in [-0.25, -0.2) is 9.59 Å². The molecule has 4 fully saturated rings. The van der Waals surface area contributed by atoms with E-state index in [9.17, 15) is 14.7 Å². The van der Waals surface area contributed by atoms with Crippen molar-refractivity contribution in [3.05, 3.63) is 35.9 Å². The Balaban J connectivity index is 1.41. The van der Waals surface area contributed by atoms with Gasteiger partial charge < -0.3 is 9.84 Å². The number of nitrogens with zero attached hydrogens (tertiary/aromatic N) is 1. The highest BCUT2D eigenvalue weighted by molar-refractivity contribution is 5.80. The number of hydrogen-bond donors (Lipinski definition) is 1. The third-order valence-electron chi connectivity index (χ3n) is 5.98. The van der Waals surface area contributed by atoms with Crippen LogP contribution in [0.5, 0.6) is 0 Å². The summed E-state index contributed by atoms with van der Waals surface area (Å²) >= 11 is 0. The zero-order valence-electron chi connectivity index (χ0n) is 13.0. The van der Waals surface area contributed by atoms with Gasteiger partial charge in [0.15, 0.2) is 0 Å². The maximum absolute atomic E-state index is 12.4. The zero-order valence-corrected chi connectivity index (χ0v) is 13.0. The molecule has 1 aromatic carbocycles. The van der Waals surface area contributed by atoms with Crippen molar-refractivity contribution in [2.45, 2.75) is 38.3 Å². The molecule has 1 aliphatic heterocycles. The summed E-state index contributed by atoms with van der Waals surface area (Å²) in [5, 5.41) is 9.46. The maximum Gasteiger partial charge on any atom is 0.410 e. The van der Waals surface area contributed by atoms with Crippen LogP contribution in [-0.4, -0.2) is 34.7 Å². The molecule has 1 saturated heterocycles. The molecule has 5 nitrogen and oxygen atoms in total. The van der Waals surface area contributed by atoms with Crippen LogP contribution in [0.4, 0.5) is 4.79 Å². The first-order valence-corrected chi connectivity index (χ1v) is 8.27. The molecule has 1 aromatic rings. The largest absolute Gasteiger partial charge is 0.480 e. The van der Waals surface area contributed by atoms with E-state index in [4.69, 9.17) is 4.74 Å². The smallest absolute Gasteiger partial charge is 0.410 e. The topological polar surface area (TPSA) is 66.8 Å². The molecule has 2 bridgehead atoms. The summed E-state index contributed by atoms with van der Waals surface area (Å²) < 4.78 is 5.34. The van der Waals surface area contributed by atoms with Crippen molar-refractivity contribution in [1.29, 1.82) is 0 Å². The minimum atomic E-state index is -0.921. The van der Waals surface area contributed by atoms with E-state index >= 15 is 0 Å². The van der Waals surface area contributed by atoms with Gasteiger partial charge in [-0.3, -0.25) is 4.90 Å². The number of ether oxygens (including phenoxy) is 1. The van der Waals surface area contributed by atoms with E-state index in [-0.39, 0.29) is 6.61 Å². The number of aliphatic carboxylic acids is 1. The summed E-state index contributed by atoms with van der Waals surface area (Å²) in [5.41, 5.74) is 1.23. The lowest BCUT2D eigenvalue weighted by Gasteiger charge is -2.65. The quantitative estimate of drug-likeness (QED) is 0.927. The number of rotatable bonds is 4. The van der Waals surface area contributed by atoms with Gasteiger partial charge in [-0.2, -0.15) is 0 Å². The molecule has 122 valence electrons. The molecular weight excluding hydrogens is 294 g/mol. The average molecular weight is 315 g/mol. The van der Waals surface area contributed by atoms with Crippen LogP contribution in [-0.2, 0) is 16.1 Å². The molecule has 0 radical (unpaired) electrons. The normalized spacial score (nSPS) is 34.4. The molecule has 2 atom stereocenters. The molecule has 0 spiro atoms. The van der Waals surface area contributed by atoms with Crippen molar-refractivity contribution in [3.63, 3.8) is 0 Å². The molecule has 23 heavy (non-hydrogen) atoms. The molecule has 1 amide bonds. The van der Waals surface area contributed by atoms with Crippen LogP contribution >= 0.6 is 0 Å². The monoisotopic (exact) mass is 315 g/mol. The highest BCUT2D eigenvalue weighted by Crippen LogP contribution is 2.69. The minimum Gasteiger partial charge on any atom is -0.480 e. The average Bonchev–Trinajstić information content (AvgIpc) is 2.88. The first kappa shape index (κ1) is 14.5. The first-order chi connectivity index (χ1) is 11.1. The lowest BCUT2D eigenvalue weighted by Crippen LogP contribution is -2.56. The van der Waals surface area contributed by atoms with Gasteiger partial charge in [0, 0.05) is 6.54 Å². The summed E-state index contributed by atoms with van der Waals surface area (Å²) in [7, 11) is 0. The molecule has 1 unspecified atom stereocenters. The third kappa shape index (κ3) is 2.38. The Bertz CT molecular complexity index is 612. The predicted octanol–water partition coefficient (Wildman–Crippen LogP) is 2.90. The maximum atomic E-state index is 12.4. The Morgan fingerprint density at radius 2 is 1.91 bits per heavy atom. The van der Waals surface area contributed by atoms with Gasteiger partial charge in [-0.1, -0.05) is 30.3 Å². The van der Waals surface area contributed by atoms with Crippen LogP contribution in [0.2, 0.25) is 0 Å². The minimum absolute atomic E-state index is 0.181. The fourth-order valence-electron chi connectivity index (χ4n) is 4.56.